The summed E-state index contributed by atoms with van der Waals surface area (Å²) < 4.78 is 0. The van der Waals surface area contributed by atoms with Crippen molar-refractivity contribution >= 4 is 0 Å². The summed E-state index contributed by atoms with van der Waals surface area (Å²) in [5.74, 6) is 0.316. The summed E-state index contributed by atoms with van der Waals surface area (Å²) >= 11 is 0. The SMILES string of the molecule is CCN(Cc1ccncc1)Cc1ccc(O)cc1. The zero-order valence-electron chi connectivity index (χ0n) is 10.6. The van der Waals surface area contributed by atoms with Crippen LogP contribution >= 0.6 is 0 Å². The van der Waals surface area contributed by atoms with E-state index in [9.17, 15) is 5.11 Å². The maximum absolute atomic E-state index is 9.26. The maximum atomic E-state index is 9.26. The van der Waals surface area contributed by atoms with Gasteiger partial charge in [0.15, 0.2) is 0 Å². The number of nitrogens with zero attached hydrogens (tertiary/aromatic N) is 2. The van der Waals surface area contributed by atoms with Crippen molar-refractivity contribution in [2.24, 2.45) is 0 Å². The normalized spacial score (nSPS) is 10.8. The van der Waals surface area contributed by atoms with Crippen LogP contribution < -0.4 is 0 Å². The van der Waals surface area contributed by atoms with Crippen LogP contribution in [0, 0.1) is 0 Å². The van der Waals surface area contributed by atoms with E-state index in [1.54, 1.807) is 12.1 Å². The zero-order valence-corrected chi connectivity index (χ0v) is 10.6. The molecule has 1 heterocycles. The third kappa shape index (κ3) is 3.57. The van der Waals surface area contributed by atoms with Crippen LogP contribution in [0.15, 0.2) is 48.8 Å². The monoisotopic (exact) mass is 242 g/mol. The first-order valence-electron chi connectivity index (χ1n) is 6.17. The summed E-state index contributed by atoms with van der Waals surface area (Å²) in [6, 6.07) is 11.5. The molecule has 3 nitrogen and oxygen atoms in total. The number of phenolic OH excluding ortho intramolecular Hbond substituents is 1. The molecule has 0 saturated heterocycles. The number of pyridine rings is 1. The minimum atomic E-state index is 0.316. The van der Waals surface area contributed by atoms with Gasteiger partial charge in [0.25, 0.3) is 0 Å². The fourth-order valence-corrected chi connectivity index (χ4v) is 1.89. The van der Waals surface area contributed by atoms with Crippen molar-refractivity contribution in [3.63, 3.8) is 0 Å². The molecule has 3 heteroatoms. The van der Waals surface area contributed by atoms with E-state index >= 15 is 0 Å². The lowest BCUT2D eigenvalue weighted by molar-refractivity contribution is 0.271. The number of aromatic nitrogens is 1. The van der Waals surface area contributed by atoms with Crippen LogP contribution in [0.5, 0.6) is 5.75 Å². The second kappa shape index (κ2) is 6.17. The van der Waals surface area contributed by atoms with Gasteiger partial charge in [0, 0.05) is 25.5 Å². The lowest BCUT2D eigenvalue weighted by Gasteiger charge is -2.20. The third-order valence-electron chi connectivity index (χ3n) is 2.95. The van der Waals surface area contributed by atoms with E-state index in [1.165, 1.54) is 11.1 Å². The Morgan fingerprint density at radius 2 is 1.50 bits per heavy atom. The highest BCUT2D eigenvalue weighted by molar-refractivity contribution is 5.25. The van der Waals surface area contributed by atoms with Gasteiger partial charge in [-0.05, 0) is 41.9 Å². The highest BCUT2D eigenvalue weighted by atomic mass is 16.3. The van der Waals surface area contributed by atoms with E-state index in [1.807, 2.05) is 36.7 Å². The molecule has 0 aliphatic carbocycles. The zero-order chi connectivity index (χ0) is 12.8. The molecular weight excluding hydrogens is 224 g/mol. The molecular formula is C15H18N2O. The number of aromatic hydroxyl groups is 1. The van der Waals surface area contributed by atoms with Crippen LogP contribution in [0.4, 0.5) is 0 Å². The van der Waals surface area contributed by atoms with Gasteiger partial charge in [-0.15, -0.1) is 0 Å². The van der Waals surface area contributed by atoms with Crippen LogP contribution in [0.1, 0.15) is 18.1 Å². The molecule has 0 radical (unpaired) electrons. The van der Waals surface area contributed by atoms with Gasteiger partial charge < -0.3 is 5.11 Å². The van der Waals surface area contributed by atoms with Crippen molar-refractivity contribution in [3.05, 3.63) is 59.9 Å². The second-order valence-electron chi connectivity index (χ2n) is 4.33. The highest BCUT2D eigenvalue weighted by Crippen LogP contribution is 2.13. The molecule has 0 atom stereocenters. The molecule has 94 valence electrons. The van der Waals surface area contributed by atoms with Crippen LogP contribution in [0.2, 0.25) is 0 Å². The Morgan fingerprint density at radius 1 is 0.944 bits per heavy atom. The Balaban J connectivity index is 1.99. The van der Waals surface area contributed by atoms with Gasteiger partial charge in [0.05, 0.1) is 0 Å². The van der Waals surface area contributed by atoms with Crippen LogP contribution in [-0.4, -0.2) is 21.5 Å². The second-order valence-corrected chi connectivity index (χ2v) is 4.33. The topological polar surface area (TPSA) is 36.4 Å². The Kier molecular flexibility index (Phi) is 4.31. The van der Waals surface area contributed by atoms with E-state index in [0.29, 0.717) is 5.75 Å². The molecule has 0 fully saturated rings. The van der Waals surface area contributed by atoms with Gasteiger partial charge in [-0.1, -0.05) is 19.1 Å². The predicted octanol–water partition coefficient (Wildman–Crippen LogP) is 2.81. The van der Waals surface area contributed by atoms with Crippen molar-refractivity contribution in [2.75, 3.05) is 6.54 Å². The molecule has 0 amide bonds. The summed E-state index contributed by atoms with van der Waals surface area (Å²) in [5.41, 5.74) is 2.48. The fraction of sp³-hybridized carbons (Fsp3) is 0.267. The summed E-state index contributed by atoms with van der Waals surface area (Å²) in [6.45, 7) is 4.95. The lowest BCUT2D eigenvalue weighted by atomic mass is 10.2. The Hall–Kier alpha value is -1.87. The standard InChI is InChI=1S/C15H18N2O/c1-2-17(12-14-7-9-16-10-8-14)11-13-3-5-15(18)6-4-13/h3-10,18H,2,11-12H2,1H3. The Bertz CT molecular complexity index is 468. The number of phenols is 1. The highest BCUT2D eigenvalue weighted by Gasteiger charge is 2.04. The van der Waals surface area contributed by atoms with E-state index in [4.69, 9.17) is 0 Å². The van der Waals surface area contributed by atoms with Crippen LogP contribution in [-0.2, 0) is 13.1 Å². The minimum absolute atomic E-state index is 0.316. The van der Waals surface area contributed by atoms with E-state index < -0.39 is 0 Å². The molecule has 0 unspecified atom stereocenters. The van der Waals surface area contributed by atoms with E-state index in [-0.39, 0.29) is 0 Å². The molecule has 0 spiro atoms. The van der Waals surface area contributed by atoms with Crippen molar-refractivity contribution in [2.45, 2.75) is 20.0 Å². The molecule has 2 rings (SSSR count). The van der Waals surface area contributed by atoms with Gasteiger partial charge in [-0.2, -0.15) is 0 Å². The fourth-order valence-electron chi connectivity index (χ4n) is 1.89. The lowest BCUT2D eigenvalue weighted by Crippen LogP contribution is -2.22. The molecule has 2 aromatic rings. The smallest absolute Gasteiger partial charge is 0.115 e. The number of hydrogen-bond acceptors (Lipinski definition) is 3. The first-order chi connectivity index (χ1) is 8.78. The predicted molar refractivity (Wildman–Crippen MR) is 72.1 cm³/mol. The number of benzene rings is 1. The van der Waals surface area contributed by atoms with Gasteiger partial charge >= 0.3 is 0 Å². The molecule has 1 N–H and O–H groups in total. The third-order valence-corrected chi connectivity index (χ3v) is 2.95. The average Bonchev–Trinajstić information content (AvgIpc) is 2.41. The summed E-state index contributed by atoms with van der Waals surface area (Å²) in [5, 5.41) is 9.26. The average molecular weight is 242 g/mol. The number of hydrogen-bond donors (Lipinski definition) is 1. The number of rotatable bonds is 5. The van der Waals surface area contributed by atoms with Gasteiger partial charge in [-0.25, -0.2) is 0 Å². The largest absolute Gasteiger partial charge is 0.508 e. The van der Waals surface area contributed by atoms with Crippen molar-refractivity contribution in [1.29, 1.82) is 0 Å². The van der Waals surface area contributed by atoms with Crippen molar-refractivity contribution in [3.8, 4) is 5.75 Å². The maximum Gasteiger partial charge on any atom is 0.115 e. The van der Waals surface area contributed by atoms with Crippen molar-refractivity contribution < 1.29 is 5.11 Å². The molecule has 0 aliphatic heterocycles. The minimum Gasteiger partial charge on any atom is -0.508 e. The van der Waals surface area contributed by atoms with Crippen molar-refractivity contribution in [1.82, 2.24) is 9.88 Å². The molecule has 18 heavy (non-hydrogen) atoms. The summed E-state index contributed by atoms with van der Waals surface area (Å²) in [4.78, 5) is 6.37. The van der Waals surface area contributed by atoms with E-state index in [2.05, 4.69) is 16.8 Å². The summed E-state index contributed by atoms with van der Waals surface area (Å²) in [7, 11) is 0. The molecule has 0 saturated carbocycles. The van der Waals surface area contributed by atoms with Crippen LogP contribution in [0.25, 0.3) is 0 Å². The van der Waals surface area contributed by atoms with E-state index in [0.717, 1.165) is 19.6 Å². The molecule has 0 bridgehead atoms. The summed E-state index contributed by atoms with van der Waals surface area (Å²) in [6.07, 6.45) is 3.65. The Labute approximate surface area is 108 Å². The van der Waals surface area contributed by atoms with Crippen LogP contribution in [0.3, 0.4) is 0 Å². The van der Waals surface area contributed by atoms with Gasteiger partial charge in [0.1, 0.15) is 5.75 Å². The first-order valence-corrected chi connectivity index (χ1v) is 6.17. The molecule has 0 aliphatic rings. The van der Waals surface area contributed by atoms with Gasteiger partial charge in [-0.3, -0.25) is 9.88 Å². The first kappa shape index (κ1) is 12.6. The molecule has 1 aromatic heterocycles. The quantitative estimate of drug-likeness (QED) is 0.876. The van der Waals surface area contributed by atoms with Gasteiger partial charge in [0.2, 0.25) is 0 Å². The molecule has 1 aromatic carbocycles. The Morgan fingerprint density at radius 3 is 2.06 bits per heavy atom.